The van der Waals surface area contributed by atoms with Crippen LogP contribution >= 0.6 is 0 Å². The van der Waals surface area contributed by atoms with Gasteiger partial charge in [-0.05, 0) is 18.9 Å². The number of carbonyl (C=O) groups is 2. The lowest BCUT2D eigenvalue weighted by atomic mass is 10.4. The predicted molar refractivity (Wildman–Crippen MR) is 41.9 cm³/mol. The molecule has 0 saturated heterocycles. The van der Waals surface area contributed by atoms with Gasteiger partial charge in [0.1, 0.15) is 5.69 Å². The molecule has 1 heterocycles. The molecule has 0 aliphatic heterocycles. The summed E-state index contributed by atoms with van der Waals surface area (Å²) in [7, 11) is 0. The van der Waals surface area contributed by atoms with E-state index >= 15 is 0 Å². The Hall–Kier alpha value is -1.65. The van der Waals surface area contributed by atoms with E-state index in [0.717, 1.165) is 17.7 Å². The zero-order chi connectivity index (χ0) is 9.26. The minimum Gasteiger partial charge on any atom is -0.319 e. The fraction of sp³-hybridized carbons (Fsp3) is 0.375. The van der Waals surface area contributed by atoms with E-state index in [1.807, 2.05) is 0 Å². The van der Waals surface area contributed by atoms with Crippen molar-refractivity contribution in [3.8, 4) is 0 Å². The SMILES string of the molecule is O=Cc1ccn(OC(=O)C2CC2)n1. The Morgan fingerprint density at radius 1 is 1.69 bits per heavy atom. The quantitative estimate of drug-likeness (QED) is 0.617. The summed E-state index contributed by atoms with van der Waals surface area (Å²) in [6.45, 7) is 0. The van der Waals surface area contributed by atoms with Crippen LogP contribution in [0.15, 0.2) is 12.3 Å². The first-order valence-electron chi connectivity index (χ1n) is 4.02. The van der Waals surface area contributed by atoms with Gasteiger partial charge in [0.25, 0.3) is 0 Å². The minimum absolute atomic E-state index is 0.0314. The van der Waals surface area contributed by atoms with Gasteiger partial charge in [-0.1, -0.05) is 4.85 Å². The van der Waals surface area contributed by atoms with Crippen LogP contribution in [0.5, 0.6) is 0 Å². The van der Waals surface area contributed by atoms with Crippen LogP contribution in [-0.4, -0.2) is 22.2 Å². The number of rotatable bonds is 3. The molecule has 1 fully saturated rings. The summed E-state index contributed by atoms with van der Waals surface area (Å²) >= 11 is 0. The molecule has 13 heavy (non-hydrogen) atoms. The molecule has 0 amide bonds. The first-order chi connectivity index (χ1) is 6.29. The molecular formula is C8H8N2O3. The van der Waals surface area contributed by atoms with Gasteiger partial charge >= 0.3 is 5.97 Å². The van der Waals surface area contributed by atoms with E-state index in [4.69, 9.17) is 4.84 Å². The summed E-state index contributed by atoms with van der Waals surface area (Å²) < 4.78 is 0. The highest BCUT2D eigenvalue weighted by Gasteiger charge is 2.32. The second kappa shape index (κ2) is 3.01. The molecule has 0 radical (unpaired) electrons. The van der Waals surface area contributed by atoms with Crippen molar-refractivity contribution in [2.45, 2.75) is 12.8 Å². The van der Waals surface area contributed by atoms with Crippen molar-refractivity contribution in [3.05, 3.63) is 18.0 Å². The van der Waals surface area contributed by atoms with Crippen molar-refractivity contribution in [2.24, 2.45) is 5.92 Å². The molecule has 0 unspecified atom stereocenters. The third kappa shape index (κ3) is 1.74. The van der Waals surface area contributed by atoms with Crippen LogP contribution in [0.4, 0.5) is 0 Å². The largest absolute Gasteiger partial charge is 0.337 e. The van der Waals surface area contributed by atoms with Crippen molar-refractivity contribution in [1.29, 1.82) is 0 Å². The van der Waals surface area contributed by atoms with Crippen molar-refractivity contribution in [3.63, 3.8) is 0 Å². The Kier molecular flexibility index (Phi) is 1.84. The van der Waals surface area contributed by atoms with Gasteiger partial charge in [-0.25, -0.2) is 4.79 Å². The van der Waals surface area contributed by atoms with E-state index in [-0.39, 0.29) is 17.6 Å². The van der Waals surface area contributed by atoms with E-state index in [0.29, 0.717) is 6.29 Å². The molecule has 2 rings (SSSR count). The van der Waals surface area contributed by atoms with Crippen LogP contribution < -0.4 is 4.84 Å². The molecule has 5 nitrogen and oxygen atoms in total. The molecule has 0 atom stereocenters. The molecular weight excluding hydrogens is 172 g/mol. The summed E-state index contributed by atoms with van der Waals surface area (Å²) in [6, 6.07) is 1.48. The maximum Gasteiger partial charge on any atom is 0.337 e. The van der Waals surface area contributed by atoms with Crippen LogP contribution in [0.1, 0.15) is 23.3 Å². The normalized spacial score (nSPS) is 15.4. The van der Waals surface area contributed by atoms with Crippen molar-refractivity contribution in [1.82, 2.24) is 9.94 Å². The van der Waals surface area contributed by atoms with Crippen molar-refractivity contribution < 1.29 is 14.4 Å². The molecule has 68 valence electrons. The van der Waals surface area contributed by atoms with Crippen LogP contribution in [-0.2, 0) is 4.79 Å². The number of carbonyl (C=O) groups excluding carboxylic acids is 2. The molecule has 1 aromatic rings. The fourth-order valence-electron chi connectivity index (χ4n) is 0.920. The highest BCUT2D eigenvalue weighted by molar-refractivity contribution is 5.75. The average Bonchev–Trinajstić information content (AvgIpc) is 2.88. The Balaban J connectivity index is 2.00. The smallest absolute Gasteiger partial charge is 0.319 e. The highest BCUT2D eigenvalue weighted by Crippen LogP contribution is 2.29. The molecule has 0 N–H and O–H groups in total. The van der Waals surface area contributed by atoms with Gasteiger partial charge in [0.15, 0.2) is 6.29 Å². The number of hydrogen-bond acceptors (Lipinski definition) is 4. The van der Waals surface area contributed by atoms with Crippen LogP contribution in [0.25, 0.3) is 0 Å². The van der Waals surface area contributed by atoms with Crippen LogP contribution in [0.3, 0.4) is 0 Å². The third-order valence-electron chi connectivity index (χ3n) is 1.80. The highest BCUT2D eigenvalue weighted by atomic mass is 16.7. The van der Waals surface area contributed by atoms with E-state index in [1.165, 1.54) is 12.3 Å². The molecule has 1 aliphatic rings. The zero-order valence-electron chi connectivity index (χ0n) is 6.84. The molecule has 0 bridgehead atoms. The standard InChI is InChI=1S/C8H8N2O3/c11-5-7-3-4-10(9-7)13-8(12)6-1-2-6/h3-6H,1-2H2. The molecule has 0 aromatic carbocycles. The lowest BCUT2D eigenvalue weighted by Gasteiger charge is -1.99. The molecule has 1 saturated carbocycles. The van der Waals surface area contributed by atoms with Gasteiger partial charge < -0.3 is 4.84 Å². The Morgan fingerprint density at radius 3 is 3.00 bits per heavy atom. The first-order valence-corrected chi connectivity index (χ1v) is 4.02. The second-order valence-corrected chi connectivity index (χ2v) is 2.95. The van der Waals surface area contributed by atoms with Gasteiger partial charge in [-0.2, -0.15) is 0 Å². The van der Waals surface area contributed by atoms with E-state index in [2.05, 4.69) is 5.10 Å². The summed E-state index contributed by atoms with van der Waals surface area (Å²) in [6.07, 6.45) is 3.81. The maximum absolute atomic E-state index is 11.1. The summed E-state index contributed by atoms with van der Waals surface area (Å²) in [5.74, 6) is -0.246. The predicted octanol–water partition coefficient (Wildman–Crippen LogP) is 0.0608. The maximum atomic E-state index is 11.1. The number of aldehydes is 1. The topological polar surface area (TPSA) is 61.2 Å². The van der Waals surface area contributed by atoms with Crippen LogP contribution in [0.2, 0.25) is 0 Å². The molecule has 1 aromatic heterocycles. The Morgan fingerprint density at radius 2 is 2.46 bits per heavy atom. The molecule has 0 spiro atoms. The number of nitrogens with zero attached hydrogens (tertiary/aromatic N) is 2. The van der Waals surface area contributed by atoms with Crippen molar-refractivity contribution in [2.75, 3.05) is 0 Å². The van der Waals surface area contributed by atoms with E-state index in [9.17, 15) is 9.59 Å². The summed E-state index contributed by atoms with van der Waals surface area (Å²) in [4.78, 5) is 27.2. The third-order valence-corrected chi connectivity index (χ3v) is 1.80. The van der Waals surface area contributed by atoms with Gasteiger partial charge in [0, 0.05) is 0 Å². The Labute approximate surface area is 74.2 Å². The van der Waals surface area contributed by atoms with Crippen LogP contribution in [0, 0.1) is 5.92 Å². The fourth-order valence-corrected chi connectivity index (χ4v) is 0.920. The van der Waals surface area contributed by atoms with Crippen molar-refractivity contribution >= 4 is 12.3 Å². The van der Waals surface area contributed by atoms with Gasteiger partial charge in [-0.3, -0.25) is 4.79 Å². The Bertz CT molecular complexity index is 341. The minimum atomic E-state index is -0.277. The summed E-state index contributed by atoms with van der Waals surface area (Å²) in [5.41, 5.74) is 0.253. The number of hydrogen-bond donors (Lipinski definition) is 0. The molecule has 1 aliphatic carbocycles. The lowest BCUT2D eigenvalue weighted by Crippen LogP contribution is -2.21. The average molecular weight is 180 g/mol. The molecule has 5 heteroatoms. The van der Waals surface area contributed by atoms with Gasteiger partial charge in [0.05, 0.1) is 12.1 Å². The monoisotopic (exact) mass is 180 g/mol. The summed E-state index contributed by atoms with van der Waals surface area (Å²) in [5, 5.41) is 3.68. The second-order valence-electron chi connectivity index (χ2n) is 2.95. The lowest BCUT2D eigenvalue weighted by molar-refractivity contribution is -0.147. The van der Waals surface area contributed by atoms with E-state index in [1.54, 1.807) is 0 Å². The van der Waals surface area contributed by atoms with E-state index < -0.39 is 0 Å². The van der Waals surface area contributed by atoms with Gasteiger partial charge in [-0.15, -0.1) is 5.10 Å². The zero-order valence-corrected chi connectivity index (χ0v) is 6.84. The van der Waals surface area contributed by atoms with Gasteiger partial charge in [0.2, 0.25) is 0 Å². The number of aromatic nitrogens is 2. The first kappa shape index (κ1) is 7.97.